The Kier molecular flexibility index (Phi) is 3.13. The number of nitrogens with zero attached hydrogens (tertiary/aromatic N) is 3. The number of hydrogen-bond donors (Lipinski definition) is 1. The molecule has 2 aliphatic rings. The van der Waals surface area contributed by atoms with Crippen molar-refractivity contribution < 1.29 is 27.9 Å². The molecule has 1 N–H and O–H groups in total. The third kappa shape index (κ3) is 1.95. The summed E-state index contributed by atoms with van der Waals surface area (Å²) in [7, 11) is -4.19. The second-order valence-corrected chi connectivity index (χ2v) is 6.65. The fourth-order valence-electron chi connectivity index (χ4n) is 2.65. The average Bonchev–Trinajstić information content (AvgIpc) is 2.88. The predicted octanol–water partition coefficient (Wildman–Crippen LogP) is -1.09. The van der Waals surface area contributed by atoms with Crippen molar-refractivity contribution in [3.8, 4) is 0 Å². The Labute approximate surface area is 125 Å². The number of sulfonamides is 1. The Morgan fingerprint density at radius 3 is 2.77 bits per heavy atom. The van der Waals surface area contributed by atoms with Crippen molar-refractivity contribution in [1.82, 2.24) is 14.2 Å². The summed E-state index contributed by atoms with van der Waals surface area (Å²) in [5.41, 5.74) is -0.0769. The van der Waals surface area contributed by atoms with Crippen molar-refractivity contribution in [3.63, 3.8) is 0 Å². The van der Waals surface area contributed by atoms with Crippen LogP contribution in [0.4, 0.5) is 0 Å². The van der Waals surface area contributed by atoms with E-state index in [2.05, 4.69) is 4.98 Å². The Morgan fingerprint density at radius 2 is 2.14 bits per heavy atom. The lowest BCUT2D eigenvalue weighted by Gasteiger charge is -2.21. The quantitative estimate of drug-likeness (QED) is 0.748. The largest absolute Gasteiger partial charge is 0.480 e. The molecule has 0 aromatic carbocycles. The minimum atomic E-state index is -4.19. The number of aromatic nitrogens is 1. The zero-order chi connectivity index (χ0) is 16.1. The first kappa shape index (κ1) is 14.4. The molecule has 1 aromatic heterocycles. The maximum Gasteiger partial charge on any atom is 0.323 e. The molecule has 1 fully saturated rings. The zero-order valence-corrected chi connectivity index (χ0v) is 12.0. The molecule has 0 spiro atoms. The lowest BCUT2D eigenvalue weighted by molar-refractivity contribution is -0.143. The first-order valence-corrected chi connectivity index (χ1v) is 7.82. The van der Waals surface area contributed by atoms with E-state index in [1.54, 1.807) is 0 Å². The molecule has 3 rings (SSSR count). The van der Waals surface area contributed by atoms with Gasteiger partial charge in [0, 0.05) is 12.7 Å². The van der Waals surface area contributed by atoms with Gasteiger partial charge in [-0.15, -0.1) is 0 Å². The summed E-state index contributed by atoms with van der Waals surface area (Å²) >= 11 is 0. The molecule has 0 saturated carbocycles. The molecule has 0 aliphatic carbocycles. The first-order chi connectivity index (χ1) is 10.3. The van der Waals surface area contributed by atoms with E-state index < -0.39 is 40.4 Å². The van der Waals surface area contributed by atoms with Gasteiger partial charge >= 0.3 is 5.97 Å². The first-order valence-electron chi connectivity index (χ1n) is 6.38. The molecule has 2 amide bonds. The van der Waals surface area contributed by atoms with Gasteiger partial charge in [0.05, 0.1) is 5.56 Å². The van der Waals surface area contributed by atoms with Crippen LogP contribution in [0.3, 0.4) is 0 Å². The molecule has 2 aliphatic heterocycles. The second-order valence-electron chi connectivity index (χ2n) is 4.92. The molecule has 0 radical (unpaired) electrons. The van der Waals surface area contributed by atoms with Gasteiger partial charge in [-0.3, -0.25) is 14.4 Å². The summed E-state index contributed by atoms with van der Waals surface area (Å²) in [5.74, 6) is -2.69. The number of fused-ring (bicyclic) bond motifs is 1. The van der Waals surface area contributed by atoms with Crippen LogP contribution in [0, 0.1) is 0 Å². The zero-order valence-electron chi connectivity index (χ0n) is 11.2. The number of carboxylic acid groups (broad SMARTS) is 1. The van der Waals surface area contributed by atoms with Gasteiger partial charge in [-0.25, -0.2) is 9.29 Å². The normalized spacial score (nSPS) is 23.0. The summed E-state index contributed by atoms with van der Waals surface area (Å²) in [5, 5.41) is 8.37. The van der Waals surface area contributed by atoms with Crippen LogP contribution in [0.1, 0.15) is 16.8 Å². The van der Waals surface area contributed by atoms with Crippen molar-refractivity contribution in [3.05, 3.63) is 23.9 Å². The van der Waals surface area contributed by atoms with Gasteiger partial charge < -0.3 is 10.0 Å². The van der Waals surface area contributed by atoms with Gasteiger partial charge in [0.1, 0.15) is 12.6 Å². The van der Waals surface area contributed by atoms with Gasteiger partial charge in [0.2, 0.25) is 5.91 Å². The summed E-state index contributed by atoms with van der Waals surface area (Å²) in [6.07, 6.45) is 1.31. The number of rotatable bonds is 3. The van der Waals surface area contributed by atoms with Gasteiger partial charge in [-0.1, -0.05) is 0 Å². The van der Waals surface area contributed by atoms with Crippen LogP contribution >= 0.6 is 0 Å². The number of pyridine rings is 1. The van der Waals surface area contributed by atoms with E-state index in [4.69, 9.17) is 5.11 Å². The molecule has 1 atom stereocenters. The predicted molar refractivity (Wildman–Crippen MR) is 70.2 cm³/mol. The minimum absolute atomic E-state index is 0.0606. The molecule has 10 heteroatoms. The van der Waals surface area contributed by atoms with Crippen molar-refractivity contribution in [2.45, 2.75) is 17.5 Å². The third-order valence-electron chi connectivity index (χ3n) is 3.58. The van der Waals surface area contributed by atoms with Crippen molar-refractivity contribution in [2.75, 3.05) is 13.1 Å². The highest BCUT2D eigenvalue weighted by atomic mass is 32.2. The van der Waals surface area contributed by atoms with Crippen LogP contribution in [0.5, 0.6) is 0 Å². The highest BCUT2D eigenvalue weighted by Gasteiger charge is 2.51. The SMILES string of the molecule is O=C(O)CN1CCC(N2C(=O)c3cccnc3S2(=O)=O)C1=O. The number of amides is 2. The van der Waals surface area contributed by atoms with Crippen LogP contribution < -0.4 is 0 Å². The van der Waals surface area contributed by atoms with Crippen molar-refractivity contribution in [1.29, 1.82) is 0 Å². The molecule has 116 valence electrons. The van der Waals surface area contributed by atoms with E-state index in [0.29, 0.717) is 4.31 Å². The van der Waals surface area contributed by atoms with Gasteiger partial charge in [0.25, 0.3) is 15.9 Å². The maximum absolute atomic E-state index is 12.4. The van der Waals surface area contributed by atoms with Crippen LogP contribution in [0.2, 0.25) is 0 Å². The van der Waals surface area contributed by atoms with Gasteiger partial charge in [-0.2, -0.15) is 8.42 Å². The fourth-order valence-corrected chi connectivity index (χ4v) is 4.31. The molecule has 1 unspecified atom stereocenters. The lowest BCUT2D eigenvalue weighted by atomic mass is 10.2. The number of likely N-dealkylation sites (tertiary alicyclic amines) is 1. The molecule has 9 nitrogen and oxygen atoms in total. The summed E-state index contributed by atoms with van der Waals surface area (Å²) in [4.78, 5) is 39.9. The number of carbonyl (C=O) groups is 3. The van der Waals surface area contributed by atoms with E-state index in [0.717, 1.165) is 4.90 Å². The molecular weight excluding hydrogens is 314 g/mol. The monoisotopic (exact) mass is 325 g/mol. The van der Waals surface area contributed by atoms with Crippen LogP contribution in [0.25, 0.3) is 0 Å². The maximum atomic E-state index is 12.4. The van der Waals surface area contributed by atoms with Gasteiger partial charge in [-0.05, 0) is 18.6 Å². The van der Waals surface area contributed by atoms with E-state index in [1.165, 1.54) is 18.3 Å². The topological polar surface area (TPSA) is 125 Å². The standard InChI is InChI=1S/C12H11N3O6S/c16-9(17)6-14-5-3-8(12(14)19)15-11(18)7-2-1-4-13-10(7)22(15,20)21/h1-2,4,8H,3,5-6H2,(H,16,17). The number of carboxylic acids is 1. The van der Waals surface area contributed by atoms with Crippen LogP contribution in [-0.4, -0.2) is 64.6 Å². The third-order valence-corrected chi connectivity index (χ3v) is 5.34. The Hall–Kier alpha value is -2.49. The lowest BCUT2D eigenvalue weighted by Crippen LogP contribution is -2.45. The van der Waals surface area contributed by atoms with Crippen LogP contribution in [-0.2, 0) is 19.6 Å². The average molecular weight is 325 g/mol. The van der Waals surface area contributed by atoms with Crippen LogP contribution in [0.15, 0.2) is 23.4 Å². The molecule has 1 aromatic rings. The van der Waals surface area contributed by atoms with E-state index in [-0.39, 0.29) is 23.6 Å². The summed E-state index contributed by atoms with van der Waals surface area (Å²) in [6, 6.07) is 1.55. The van der Waals surface area contributed by atoms with Crippen molar-refractivity contribution >= 4 is 27.8 Å². The Bertz CT molecular complexity index is 790. The highest BCUT2D eigenvalue weighted by molar-refractivity contribution is 7.90. The number of carbonyl (C=O) groups excluding carboxylic acids is 2. The van der Waals surface area contributed by atoms with Crippen molar-refractivity contribution in [2.24, 2.45) is 0 Å². The van der Waals surface area contributed by atoms with Gasteiger partial charge in [0.15, 0.2) is 5.03 Å². The van der Waals surface area contributed by atoms with E-state index in [9.17, 15) is 22.8 Å². The Morgan fingerprint density at radius 1 is 1.41 bits per heavy atom. The molecule has 3 heterocycles. The highest BCUT2D eigenvalue weighted by Crippen LogP contribution is 2.33. The molecule has 22 heavy (non-hydrogen) atoms. The molecule has 0 bridgehead atoms. The molecule has 1 saturated heterocycles. The summed E-state index contributed by atoms with van der Waals surface area (Å²) < 4.78 is 25.3. The van der Waals surface area contributed by atoms with E-state index >= 15 is 0 Å². The Balaban J connectivity index is 1.96. The fraction of sp³-hybridized carbons (Fsp3) is 0.333. The molecular formula is C12H11N3O6S. The van der Waals surface area contributed by atoms with E-state index in [1.807, 2.05) is 0 Å². The number of aliphatic carboxylic acids is 1. The summed E-state index contributed by atoms with van der Waals surface area (Å²) in [6.45, 7) is -0.443. The minimum Gasteiger partial charge on any atom is -0.480 e. The number of hydrogen-bond acceptors (Lipinski definition) is 6. The second kappa shape index (κ2) is 4.77. The smallest absolute Gasteiger partial charge is 0.323 e.